The molecule has 3 aromatic rings. The largest absolute Gasteiger partial charge is 0.389 e. The van der Waals surface area contributed by atoms with Crippen LogP contribution in [-0.2, 0) is 0 Å². The number of anilines is 1. The summed E-state index contributed by atoms with van der Waals surface area (Å²) in [5, 5.41) is 1.03. The molecule has 3 rings (SSSR count). The third-order valence-electron chi connectivity index (χ3n) is 3.05. The van der Waals surface area contributed by atoms with Gasteiger partial charge in [-0.1, -0.05) is 30.4 Å². The molecular weight excluding hydrogens is 256 g/mol. The molecule has 0 saturated heterocycles. The lowest BCUT2D eigenvalue weighted by Crippen LogP contribution is -2.08. The van der Waals surface area contributed by atoms with E-state index >= 15 is 0 Å². The van der Waals surface area contributed by atoms with Gasteiger partial charge in [-0.2, -0.15) is 0 Å². The normalized spacial score (nSPS) is 10.7. The fraction of sp³-hybridized carbons (Fsp3) is 0. The minimum absolute atomic E-state index is 0.392. The van der Waals surface area contributed by atoms with Crippen molar-refractivity contribution in [3.63, 3.8) is 0 Å². The van der Waals surface area contributed by atoms with Gasteiger partial charge in [-0.05, 0) is 17.7 Å². The van der Waals surface area contributed by atoms with Gasteiger partial charge in [0.15, 0.2) is 0 Å². The fourth-order valence-corrected chi connectivity index (χ4v) is 2.24. The van der Waals surface area contributed by atoms with Gasteiger partial charge < -0.3 is 16.5 Å². The fourth-order valence-electron chi connectivity index (χ4n) is 2.12. The first-order valence-corrected chi connectivity index (χ1v) is 6.19. The number of benzene rings is 1. The standard InChI is InChI=1S/C14H12N4S/c15-13-5-10-11(6-17-12(10)7-18-13)8-2-1-3-9(4-8)14(16)19/h1-7,17H,(H2,15,18)(H2,16,19). The van der Waals surface area contributed by atoms with Crippen molar-refractivity contribution in [1.29, 1.82) is 0 Å². The van der Waals surface area contributed by atoms with E-state index in [-0.39, 0.29) is 0 Å². The highest BCUT2D eigenvalue weighted by Gasteiger charge is 2.08. The van der Waals surface area contributed by atoms with Crippen molar-refractivity contribution in [3.05, 3.63) is 48.3 Å². The molecule has 0 spiro atoms. The Bertz CT molecular complexity index is 776. The molecule has 0 fully saturated rings. The molecule has 0 saturated carbocycles. The maximum Gasteiger partial charge on any atom is 0.124 e. The van der Waals surface area contributed by atoms with Crippen molar-refractivity contribution in [3.8, 4) is 11.1 Å². The van der Waals surface area contributed by atoms with Gasteiger partial charge in [-0.25, -0.2) is 4.98 Å². The Hall–Kier alpha value is -2.40. The first-order chi connectivity index (χ1) is 9.15. The van der Waals surface area contributed by atoms with Crippen molar-refractivity contribution in [2.75, 3.05) is 5.73 Å². The zero-order valence-electron chi connectivity index (χ0n) is 10.1. The first kappa shape index (κ1) is 11.7. The summed E-state index contributed by atoms with van der Waals surface area (Å²) in [7, 11) is 0. The molecule has 0 radical (unpaired) electrons. The number of thiocarbonyl (C=S) groups is 1. The van der Waals surface area contributed by atoms with Gasteiger partial charge in [0.2, 0.25) is 0 Å². The van der Waals surface area contributed by atoms with Crippen LogP contribution in [0.2, 0.25) is 0 Å². The maximum absolute atomic E-state index is 5.74. The predicted octanol–water partition coefficient (Wildman–Crippen LogP) is 2.45. The number of aromatic amines is 1. The number of hydrogen-bond donors (Lipinski definition) is 3. The Morgan fingerprint density at radius 3 is 2.89 bits per heavy atom. The minimum Gasteiger partial charge on any atom is -0.389 e. The molecule has 0 bridgehead atoms. The zero-order valence-corrected chi connectivity index (χ0v) is 10.9. The monoisotopic (exact) mass is 268 g/mol. The average molecular weight is 268 g/mol. The number of nitrogens with one attached hydrogen (secondary N) is 1. The molecular formula is C14H12N4S. The summed E-state index contributed by atoms with van der Waals surface area (Å²) in [6, 6.07) is 9.68. The Morgan fingerprint density at radius 1 is 1.26 bits per heavy atom. The van der Waals surface area contributed by atoms with Crippen LogP contribution in [0, 0.1) is 0 Å². The summed E-state index contributed by atoms with van der Waals surface area (Å²) in [5.74, 6) is 0.499. The predicted molar refractivity (Wildman–Crippen MR) is 81.8 cm³/mol. The van der Waals surface area contributed by atoms with E-state index in [2.05, 4.69) is 9.97 Å². The molecule has 0 atom stereocenters. The van der Waals surface area contributed by atoms with Gasteiger partial charge in [0.05, 0.1) is 11.7 Å². The molecule has 5 heteroatoms. The first-order valence-electron chi connectivity index (χ1n) is 5.78. The Balaban J connectivity index is 2.21. The van der Waals surface area contributed by atoms with E-state index in [1.807, 2.05) is 36.5 Å². The lowest BCUT2D eigenvalue weighted by Gasteiger charge is -2.03. The number of aromatic nitrogens is 2. The zero-order chi connectivity index (χ0) is 13.4. The molecule has 0 aliphatic heterocycles. The van der Waals surface area contributed by atoms with E-state index in [4.69, 9.17) is 23.7 Å². The van der Waals surface area contributed by atoms with E-state index in [1.54, 1.807) is 6.20 Å². The summed E-state index contributed by atoms with van der Waals surface area (Å²) in [5.41, 5.74) is 15.3. The van der Waals surface area contributed by atoms with Gasteiger partial charge >= 0.3 is 0 Å². The topological polar surface area (TPSA) is 80.7 Å². The van der Waals surface area contributed by atoms with E-state index < -0.39 is 0 Å². The van der Waals surface area contributed by atoms with Crippen LogP contribution in [0.25, 0.3) is 22.0 Å². The number of rotatable bonds is 2. The molecule has 1 aromatic carbocycles. The molecule has 2 aromatic heterocycles. The molecule has 19 heavy (non-hydrogen) atoms. The third kappa shape index (κ3) is 2.04. The lowest BCUT2D eigenvalue weighted by atomic mass is 10.0. The van der Waals surface area contributed by atoms with E-state index in [0.717, 1.165) is 27.6 Å². The van der Waals surface area contributed by atoms with E-state index in [1.165, 1.54) is 0 Å². The minimum atomic E-state index is 0.392. The Morgan fingerprint density at radius 2 is 2.11 bits per heavy atom. The molecule has 0 unspecified atom stereocenters. The summed E-state index contributed by atoms with van der Waals surface area (Å²) >= 11 is 5.01. The maximum atomic E-state index is 5.74. The van der Waals surface area contributed by atoms with Gasteiger partial charge in [-0.3, -0.25) is 0 Å². The summed E-state index contributed by atoms with van der Waals surface area (Å²) < 4.78 is 0. The second kappa shape index (κ2) is 4.37. The number of nitrogens with two attached hydrogens (primary N) is 2. The van der Waals surface area contributed by atoms with Crippen LogP contribution in [0.1, 0.15) is 5.56 Å². The van der Waals surface area contributed by atoms with Gasteiger partial charge in [0, 0.05) is 22.7 Å². The second-order valence-corrected chi connectivity index (χ2v) is 4.74. The smallest absolute Gasteiger partial charge is 0.124 e. The number of pyridine rings is 1. The molecule has 0 aliphatic rings. The summed E-state index contributed by atoms with van der Waals surface area (Å²) in [4.78, 5) is 7.64. The van der Waals surface area contributed by atoms with Crippen molar-refractivity contribution < 1.29 is 0 Å². The number of nitrogen functional groups attached to an aromatic ring is 1. The van der Waals surface area contributed by atoms with Crippen LogP contribution in [0.15, 0.2) is 42.7 Å². The average Bonchev–Trinajstić information content (AvgIpc) is 2.81. The lowest BCUT2D eigenvalue weighted by molar-refractivity contribution is 1.34. The number of hydrogen-bond acceptors (Lipinski definition) is 3. The van der Waals surface area contributed by atoms with Crippen LogP contribution in [0.4, 0.5) is 5.82 Å². The molecule has 0 aliphatic carbocycles. The highest BCUT2D eigenvalue weighted by atomic mass is 32.1. The Kier molecular flexibility index (Phi) is 2.68. The summed E-state index contributed by atoms with van der Waals surface area (Å²) in [6.45, 7) is 0. The molecule has 0 amide bonds. The van der Waals surface area contributed by atoms with Gasteiger partial charge in [0.1, 0.15) is 10.8 Å². The van der Waals surface area contributed by atoms with E-state index in [0.29, 0.717) is 10.8 Å². The van der Waals surface area contributed by atoms with Crippen molar-refractivity contribution >= 4 is 33.9 Å². The van der Waals surface area contributed by atoms with Crippen LogP contribution < -0.4 is 11.5 Å². The van der Waals surface area contributed by atoms with Crippen LogP contribution >= 0.6 is 12.2 Å². The van der Waals surface area contributed by atoms with Crippen LogP contribution in [-0.4, -0.2) is 15.0 Å². The van der Waals surface area contributed by atoms with Crippen molar-refractivity contribution in [1.82, 2.24) is 9.97 Å². The van der Waals surface area contributed by atoms with Crippen LogP contribution in [0.5, 0.6) is 0 Å². The summed E-state index contributed by atoms with van der Waals surface area (Å²) in [6.07, 6.45) is 3.66. The second-order valence-electron chi connectivity index (χ2n) is 4.30. The number of fused-ring (bicyclic) bond motifs is 1. The molecule has 4 nitrogen and oxygen atoms in total. The van der Waals surface area contributed by atoms with Gasteiger partial charge in [0.25, 0.3) is 0 Å². The number of H-pyrrole nitrogens is 1. The SMILES string of the molecule is NC(=S)c1cccc(-c2c[nH]c3cnc(N)cc23)c1. The highest BCUT2D eigenvalue weighted by molar-refractivity contribution is 7.80. The molecule has 2 heterocycles. The van der Waals surface area contributed by atoms with Crippen LogP contribution in [0.3, 0.4) is 0 Å². The Labute approximate surface area is 115 Å². The molecule has 5 N–H and O–H groups in total. The third-order valence-corrected chi connectivity index (χ3v) is 3.28. The van der Waals surface area contributed by atoms with Crippen molar-refractivity contribution in [2.45, 2.75) is 0 Å². The quantitative estimate of drug-likeness (QED) is 0.624. The van der Waals surface area contributed by atoms with Crippen molar-refractivity contribution in [2.24, 2.45) is 5.73 Å². The number of nitrogens with zero attached hydrogens (tertiary/aromatic N) is 1. The molecule has 94 valence electrons. The van der Waals surface area contributed by atoms with E-state index in [9.17, 15) is 0 Å². The van der Waals surface area contributed by atoms with Gasteiger partial charge in [-0.15, -0.1) is 0 Å². The highest BCUT2D eigenvalue weighted by Crippen LogP contribution is 2.29.